The standard InChI is InChI=1S/C16H20N4O.2C2HF3O2/c1-21-11-10-20-8-4-14-15(5-9-20)18-12-19-16(14)13-2-6-17-7-3-13;2*3-2(4,5)1(6)7/h2-3,6-7,12H,4-5,8-11H2,1H3;2*(H,6,7). The molecule has 0 aromatic carbocycles. The number of pyridine rings is 1. The van der Waals surface area contributed by atoms with E-state index >= 15 is 0 Å². The van der Waals surface area contributed by atoms with Crippen LogP contribution >= 0.6 is 0 Å². The van der Waals surface area contributed by atoms with Gasteiger partial charge in [0.15, 0.2) is 0 Å². The van der Waals surface area contributed by atoms with E-state index in [1.165, 1.54) is 11.3 Å². The normalized spacial score (nSPS) is 13.8. The molecule has 0 spiro atoms. The van der Waals surface area contributed by atoms with Gasteiger partial charge in [0, 0.05) is 62.4 Å². The summed E-state index contributed by atoms with van der Waals surface area (Å²) >= 11 is 0. The summed E-state index contributed by atoms with van der Waals surface area (Å²) in [5, 5.41) is 14.2. The summed E-state index contributed by atoms with van der Waals surface area (Å²) in [4.78, 5) is 33.3. The monoisotopic (exact) mass is 512 g/mol. The third-order valence-corrected chi connectivity index (χ3v) is 4.43. The molecular formula is C20H22F6N4O5. The first kappa shape index (κ1) is 29.7. The number of methoxy groups -OCH3 is 1. The average Bonchev–Trinajstić information content (AvgIpc) is 3.00. The van der Waals surface area contributed by atoms with Crippen LogP contribution in [0.2, 0.25) is 0 Å². The Morgan fingerprint density at radius 3 is 1.97 bits per heavy atom. The van der Waals surface area contributed by atoms with Crippen molar-refractivity contribution < 1.29 is 50.9 Å². The van der Waals surface area contributed by atoms with Gasteiger partial charge in [0.2, 0.25) is 0 Å². The molecule has 0 unspecified atom stereocenters. The Hall–Kier alpha value is -3.33. The zero-order valence-corrected chi connectivity index (χ0v) is 18.3. The smallest absolute Gasteiger partial charge is 0.475 e. The predicted octanol–water partition coefficient (Wildman–Crippen LogP) is 2.85. The van der Waals surface area contributed by atoms with E-state index in [9.17, 15) is 26.3 Å². The zero-order chi connectivity index (χ0) is 26.6. The third kappa shape index (κ3) is 10.6. The quantitative estimate of drug-likeness (QED) is 0.595. The van der Waals surface area contributed by atoms with Gasteiger partial charge in [-0.3, -0.25) is 4.98 Å². The lowest BCUT2D eigenvalue weighted by Crippen LogP contribution is -2.29. The molecule has 1 aliphatic rings. The number of carboxylic acid groups (broad SMARTS) is 2. The van der Waals surface area contributed by atoms with Crippen LogP contribution in [-0.2, 0) is 27.2 Å². The molecule has 2 N–H and O–H groups in total. The van der Waals surface area contributed by atoms with Crippen LogP contribution in [0.5, 0.6) is 0 Å². The lowest BCUT2D eigenvalue weighted by atomic mass is 10.0. The summed E-state index contributed by atoms with van der Waals surface area (Å²) in [7, 11) is 1.75. The van der Waals surface area contributed by atoms with E-state index in [-0.39, 0.29) is 0 Å². The molecule has 0 radical (unpaired) electrons. The maximum Gasteiger partial charge on any atom is 0.490 e. The van der Waals surface area contributed by atoms with Crippen molar-refractivity contribution in [2.45, 2.75) is 25.2 Å². The number of carbonyl (C=O) groups is 2. The molecular weight excluding hydrogens is 490 g/mol. The Balaban J connectivity index is 0.000000362. The van der Waals surface area contributed by atoms with Gasteiger partial charge in [-0.25, -0.2) is 19.6 Å². The minimum absolute atomic E-state index is 0.777. The van der Waals surface area contributed by atoms with Gasteiger partial charge in [-0.1, -0.05) is 0 Å². The molecule has 194 valence electrons. The van der Waals surface area contributed by atoms with E-state index in [0.717, 1.165) is 50.3 Å². The first-order valence-corrected chi connectivity index (χ1v) is 9.82. The highest BCUT2D eigenvalue weighted by atomic mass is 19.4. The second-order valence-electron chi connectivity index (χ2n) is 6.82. The van der Waals surface area contributed by atoms with Gasteiger partial charge in [0.1, 0.15) is 6.33 Å². The highest BCUT2D eigenvalue weighted by molar-refractivity contribution is 5.73. The number of hydrogen-bond acceptors (Lipinski definition) is 7. The van der Waals surface area contributed by atoms with Crippen molar-refractivity contribution in [1.29, 1.82) is 0 Å². The molecule has 2 aromatic heterocycles. The molecule has 2 aromatic rings. The predicted molar refractivity (Wildman–Crippen MR) is 108 cm³/mol. The van der Waals surface area contributed by atoms with E-state index in [2.05, 4.69) is 19.9 Å². The van der Waals surface area contributed by atoms with E-state index in [1.807, 2.05) is 24.5 Å². The molecule has 0 amide bonds. The van der Waals surface area contributed by atoms with Gasteiger partial charge in [0.05, 0.1) is 12.3 Å². The fourth-order valence-electron chi connectivity index (χ4n) is 2.78. The van der Waals surface area contributed by atoms with Crippen molar-refractivity contribution in [3.8, 4) is 11.3 Å². The number of aliphatic carboxylic acids is 2. The molecule has 1 aliphatic heterocycles. The molecule has 15 heteroatoms. The zero-order valence-electron chi connectivity index (χ0n) is 18.3. The fourth-order valence-corrected chi connectivity index (χ4v) is 2.78. The Morgan fingerprint density at radius 1 is 0.971 bits per heavy atom. The molecule has 35 heavy (non-hydrogen) atoms. The third-order valence-electron chi connectivity index (χ3n) is 4.43. The summed E-state index contributed by atoms with van der Waals surface area (Å²) in [6.45, 7) is 3.81. The largest absolute Gasteiger partial charge is 0.490 e. The van der Waals surface area contributed by atoms with Crippen LogP contribution in [0, 0.1) is 0 Å². The van der Waals surface area contributed by atoms with Gasteiger partial charge in [-0.05, 0) is 18.6 Å². The number of carboxylic acids is 2. The Labute approximate surface area is 195 Å². The Kier molecular flexibility index (Phi) is 11.5. The average molecular weight is 512 g/mol. The number of rotatable bonds is 4. The first-order valence-electron chi connectivity index (χ1n) is 9.82. The van der Waals surface area contributed by atoms with Crippen LogP contribution in [0.15, 0.2) is 30.9 Å². The minimum atomic E-state index is -5.08. The van der Waals surface area contributed by atoms with E-state index in [4.69, 9.17) is 24.5 Å². The second kappa shape index (κ2) is 13.5. The van der Waals surface area contributed by atoms with E-state index in [1.54, 1.807) is 13.4 Å². The summed E-state index contributed by atoms with van der Waals surface area (Å²) < 4.78 is 68.7. The lowest BCUT2D eigenvalue weighted by molar-refractivity contribution is -0.193. The number of fused-ring (bicyclic) bond motifs is 1. The molecule has 0 aliphatic carbocycles. The first-order chi connectivity index (χ1) is 16.3. The molecule has 0 atom stereocenters. The summed E-state index contributed by atoms with van der Waals surface area (Å²) in [5.41, 5.74) is 4.63. The van der Waals surface area contributed by atoms with Crippen molar-refractivity contribution in [2.24, 2.45) is 0 Å². The molecule has 0 fully saturated rings. The Morgan fingerprint density at radius 2 is 1.49 bits per heavy atom. The maximum absolute atomic E-state index is 10.6. The van der Waals surface area contributed by atoms with Crippen LogP contribution in [0.3, 0.4) is 0 Å². The number of aromatic nitrogens is 3. The second-order valence-corrected chi connectivity index (χ2v) is 6.82. The maximum atomic E-state index is 10.6. The molecule has 0 saturated heterocycles. The molecule has 3 rings (SSSR count). The number of hydrogen-bond donors (Lipinski definition) is 2. The van der Waals surface area contributed by atoms with Crippen LogP contribution in [0.4, 0.5) is 26.3 Å². The highest BCUT2D eigenvalue weighted by Gasteiger charge is 2.38. The van der Waals surface area contributed by atoms with Gasteiger partial charge in [0.25, 0.3) is 0 Å². The topological polar surface area (TPSA) is 126 Å². The van der Waals surface area contributed by atoms with Crippen LogP contribution < -0.4 is 0 Å². The number of nitrogens with zero attached hydrogens (tertiary/aromatic N) is 4. The molecule has 9 nitrogen and oxygen atoms in total. The van der Waals surface area contributed by atoms with Crippen molar-refractivity contribution in [2.75, 3.05) is 33.4 Å². The van der Waals surface area contributed by atoms with Gasteiger partial charge >= 0.3 is 24.3 Å². The summed E-state index contributed by atoms with van der Waals surface area (Å²) in [5.74, 6) is -5.51. The van der Waals surface area contributed by atoms with Gasteiger partial charge in [-0.15, -0.1) is 0 Å². The molecule has 0 saturated carbocycles. The van der Waals surface area contributed by atoms with Gasteiger partial charge < -0.3 is 19.8 Å². The summed E-state index contributed by atoms with van der Waals surface area (Å²) in [6, 6.07) is 4.02. The number of halogens is 6. The lowest BCUT2D eigenvalue weighted by Gasteiger charge is -2.18. The van der Waals surface area contributed by atoms with Crippen molar-refractivity contribution in [1.82, 2.24) is 19.9 Å². The van der Waals surface area contributed by atoms with Crippen LogP contribution in [0.25, 0.3) is 11.3 Å². The SMILES string of the molecule is COCCN1CCc2ncnc(-c3ccncc3)c2CC1.O=C(O)C(F)(F)F.O=C(O)C(F)(F)F. The van der Waals surface area contributed by atoms with Crippen molar-refractivity contribution in [3.05, 3.63) is 42.1 Å². The Bertz CT molecular complexity index is 933. The molecule has 0 bridgehead atoms. The van der Waals surface area contributed by atoms with Crippen LogP contribution in [0.1, 0.15) is 11.3 Å². The number of alkyl halides is 6. The number of ether oxygens (including phenoxy) is 1. The van der Waals surface area contributed by atoms with Crippen LogP contribution in [-0.4, -0.2) is 87.7 Å². The summed E-state index contributed by atoms with van der Waals surface area (Å²) in [6.07, 6.45) is -2.91. The van der Waals surface area contributed by atoms with Crippen molar-refractivity contribution in [3.63, 3.8) is 0 Å². The van der Waals surface area contributed by atoms with Crippen molar-refractivity contribution >= 4 is 11.9 Å². The fraction of sp³-hybridized carbons (Fsp3) is 0.450. The minimum Gasteiger partial charge on any atom is -0.475 e. The van der Waals surface area contributed by atoms with Gasteiger partial charge in [-0.2, -0.15) is 26.3 Å². The van der Waals surface area contributed by atoms with E-state index in [0.29, 0.717) is 0 Å². The molecule has 3 heterocycles. The van der Waals surface area contributed by atoms with E-state index < -0.39 is 24.3 Å². The highest BCUT2D eigenvalue weighted by Crippen LogP contribution is 2.25.